The van der Waals surface area contributed by atoms with Crippen molar-refractivity contribution in [3.05, 3.63) is 29.8 Å². The second-order valence-electron chi connectivity index (χ2n) is 3.09. The van der Waals surface area contributed by atoms with Gasteiger partial charge in [0.15, 0.2) is 0 Å². The monoisotopic (exact) mass is 203 g/mol. The van der Waals surface area contributed by atoms with Gasteiger partial charge in [0.2, 0.25) is 0 Å². The van der Waals surface area contributed by atoms with Crippen LogP contribution in [0.1, 0.15) is 5.56 Å². The molecule has 0 saturated heterocycles. The summed E-state index contributed by atoms with van der Waals surface area (Å²) in [7, 11) is 5.50. The average molecular weight is 203 g/mol. The van der Waals surface area contributed by atoms with Gasteiger partial charge in [-0.25, -0.2) is 4.79 Å². The number of carbonyl (C=O) groups excluding carboxylic acids is 2. The van der Waals surface area contributed by atoms with Gasteiger partial charge < -0.3 is 10.5 Å². The van der Waals surface area contributed by atoms with Crippen LogP contribution in [0.3, 0.4) is 0 Å². The van der Waals surface area contributed by atoms with E-state index in [2.05, 4.69) is 4.74 Å². The average Bonchev–Trinajstić information content (AvgIpc) is 2.22. The molecule has 5 heteroatoms. The van der Waals surface area contributed by atoms with Gasteiger partial charge in [0, 0.05) is 0 Å². The van der Waals surface area contributed by atoms with Crippen molar-refractivity contribution >= 4 is 25.8 Å². The Labute approximate surface area is 88.8 Å². The van der Waals surface area contributed by atoms with Crippen LogP contribution in [-0.2, 0) is 20.7 Å². The fraction of sp³-hybridized carbons (Fsp3) is 0.200. The molecule has 15 heavy (non-hydrogen) atoms. The van der Waals surface area contributed by atoms with Gasteiger partial charge in [-0.3, -0.25) is 4.79 Å². The number of rotatable bonds is 4. The fourth-order valence-electron chi connectivity index (χ4n) is 1.13. The van der Waals surface area contributed by atoms with E-state index < -0.39 is 12.0 Å². The first-order valence-electron chi connectivity index (χ1n) is 4.37. The molecule has 1 aromatic rings. The predicted molar refractivity (Wildman–Crippen MR) is 55.7 cm³/mol. The highest BCUT2D eigenvalue weighted by Crippen LogP contribution is 2.01. The van der Waals surface area contributed by atoms with E-state index in [4.69, 9.17) is 13.6 Å². The number of nitrogens with two attached hydrogens (primary N) is 1. The zero-order valence-corrected chi connectivity index (χ0v) is 8.05. The molecule has 1 aromatic carbocycles. The minimum absolute atomic E-state index is 0.0746. The van der Waals surface area contributed by atoms with Crippen LogP contribution in [0.15, 0.2) is 24.3 Å². The molecule has 0 aliphatic carbocycles. The van der Waals surface area contributed by atoms with Crippen molar-refractivity contribution in [1.82, 2.24) is 0 Å². The molecule has 0 aromatic heterocycles. The van der Waals surface area contributed by atoms with Crippen LogP contribution in [0.4, 0.5) is 0 Å². The molecule has 0 aliphatic rings. The van der Waals surface area contributed by atoms with Gasteiger partial charge in [-0.05, 0) is 12.0 Å². The minimum atomic E-state index is -0.834. The number of carbonyl (C=O) groups is 2. The minimum Gasteiger partial charge on any atom is -0.394 e. The Morgan fingerprint density at radius 2 is 2.07 bits per heavy atom. The van der Waals surface area contributed by atoms with Crippen LogP contribution >= 0.6 is 0 Å². The zero-order valence-electron chi connectivity index (χ0n) is 8.05. The largest absolute Gasteiger partial charge is 0.394 e. The summed E-state index contributed by atoms with van der Waals surface area (Å²) in [5, 5.41) is 0. The molecular formula is C10H10BNO3. The number of ether oxygens (including phenoxy) is 1. The third-order valence-electron chi connectivity index (χ3n) is 1.90. The van der Waals surface area contributed by atoms with Gasteiger partial charge in [0.05, 0.1) is 0 Å². The van der Waals surface area contributed by atoms with Gasteiger partial charge in [0.1, 0.15) is 13.9 Å². The quantitative estimate of drug-likeness (QED) is 0.296. The third kappa shape index (κ3) is 3.55. The Kier molecular flexibility index (Phi) is 4.06. The first kappa shape index (κ1) is 11.5. The molecule has 4 nitrogen and oxygen atoms in total. The van der Waals surface area contributed by atoms with Crippen LogP contribution in [-0.4, -0.2) is 26.3 Å². The van der Waals surface area contributed by atoms with Gasteiger partial charge in [-0.2, -0.15) is 0 Å². The summed E-state index contributed by atoms with van der Waals surface area (Å²) in [6.45, 7) is 0.0746. The van der Waals surface area contributed by atoms with Crippen molar-refractivity contribution in [2.24, 2.45) is 5.73 Å². The predicted octanol–water partition coefficient (Wildman–Crippen LogP) is -0.950. The lowest BCUT2D eigenvalue weighted by atomic mass is 9.94. The highest BCUT2D eigenvalue weighted by Gasteiger charge is 2.15. The Bertz CT molecular complexity index is 350. The molecule has 0 amide bonds. The third-order valence-corrected chi connectivity index (χ3v) is 1.90. The van der Waals surface area contributed by atoms with Gasteiger partial charge in [-0.15, -0.1) is 0 Å². The Morgan fingerprint density at radius 1 is 1.47 bits per heavy atom. The molecule has 0 aliphatic heterocycles. The summed E-state index contributed by atoms with van der Waals surface area (Å²) in [6.07, 6.45) is 0.312. The summed E-state index contributed by atoms with van der Waals surface area (Å²) in [5.41, 5.74) is 7.01. The van der Waals surface area contributed by atoms with E-state index in [-0.39, 0.29) is 6.47 Å². The number of hydrogen-bond donors (Lipinski definition) is 1. The van der Waals surface area contributed by atoms with Crippen molar-refractivity contribution in [2.75, 3.05) is 0 Å². The lowest BCUT2D eigenvalue weighted by Crippen LogP contribution is -2.34. The SMILES string of the molecule is [B]c1ccc(C[C@H](N)C(=O)OC=O)cc1. The van der Waals surface area contributed by atoms with Crippen molar-refractivity contribution in [3.8, 4) is 0 Å². The zero-order chi connectivity index (χ0) is 11.3. The topological polar surface area (TPSA) is 69.4 Å². The van der Waals surface area contributed by atoms with Crippen molar-refractivity contribution in [1.29, 1.82) is 0 Å². The van der Waals surface area contributed by atoms with Crippen molar-refractivity contribution in [3.63, 3.8) is 0 Å². The molecule has 76 valence electrons. The van der Waals surface area contributed by atoms with Crippen LogP contribution in [0, 0.1) is 0 Å². The summed E-state index contributed by atoms with van der Waals surface area (Å²) in [6, 6.07) is 6.13. The van der Waals surface area contributed by atoms with Crippen LogP contribution < -0.4 is 11.2 Å². The standard InChI is InChI=1S/C10H10BNO3/c11-8-3-1-7(2-4-8)5-9(12)10(14)15-6-13/h1-4,6,9H,5,12H2/t9-/m0/s1. The molecule has 0 unspecified atom stereocenters. The number of hydrogen-bond acceptors (Lipinski definition) is 4. The van der Waals surface area contributed by atoms with E-state index in [1.807, 2.05) is 0 Å². The molecular weight excluding hydrogens is 193 g/mol. The molecule has 0 heterocycles. The summed E-state index contributed by atoms with van der Waals surface area (Å²) in [4.78, 5) is 20.9. The fourth-order valence-corrected chi connectivity index (χ4v) is 1.13. The highest BCUT2D eigenvalue weighted by atomic mass is 16.6. The van der Waals surface area contributed by atoms with E-state index in [1.54, 1.807) is 24.3 Å². The number of esters is 1. The first-order chi connectivity index (χ1) is 7.13. The van der Waals surface area contributed by atoms with Gasteiger partial charge in [0.25, 0.3) is 0 Å². The molecule has 1 rings (SSSR count). The molecule has 2 N–H and O–H groups in total. The summed E-state index contributed by atoms with van der Waals surface area (Å²) >= 11 is 0. The molecule has 0 saturated carbocycles. The Morgan fingerprint density at radius 3 is 2.60 bits per heavy atom. The number of benzene rings is 1. The van der Waals surface area contributed by atoms with Crippen molar-refractivity contribution in [2.45, 2.75) is 12.5 Å². The normalized spacial score (nSPS) is 11.8. The molecule has 2 radical (unpaired) electrons. The molecule has 1 atom stereocenters. The summed E-state index contributed by atoms with van der Waals surface area (Å²) in [5.74, 6) is -0.734. The lowest BCUT2D eigenvalue weighted by molar-refractivity contribution is -0.152. The second kappa shape index (κ2) is 5.31. The van der Waals surface area contributed by atoms with E-state index >= 15 is 0 Å². The Hall–Kier alpha value is -1.62. The van der Waals surface area contributed by atoms with E-state index in [1.165, 1.54) is 0 Å². The lowest BCUT2D eigenvalue weighted by Gasteiger charge is -2.08. The van der Waals surface area contributed by atoms with E-state index in [9.17, 15) is 9.59 Å². The maximum absolute atomic E-state index is 11.0. The van der Waals surface area contributed by atoms with E-state index in [0.717, 1.165) is 5.56 Å². The first-order valence-corrected chi connectivity index (χ1v) is 4.37. The van der Waals surface area contributed by atoms with E-state index in [0.29, 0.717) is 11.9 Å². The van der Waals surface area contributed by atoms with Crippen LogP contribution in [0.5, 0.6) is 0 Å². The second-order valence-corrected chi connectivity index (χ2v) is 3.09. The summed E-state index contributed by atoms with van der Waals surface area (Å²) < 4.78 is 4.13. The maximum Gasteiger partial charge on any atom is 0.330 e. The molecule has 0 fully saturated rings. The van der Waals surface area contributed by atoms with Crippen LogP contribution in [0.2, 0.25) is 0 Å². The molecule has 0 bridgehead atoms. The molecule has 0 spiro atoms. The van der Waals surface area contributed by atoms with Gasteiger partial charge >= 0.3 is 12.4 Å². The van der Waals surface area contributed by atoms with Crippen LogP contribution in [0.25, 0.3) is 0 Å². The Balaban J connectivity index is 2.57. The maximum atomic E-state index is 11.0. The smallest absolute Gasteiger partial charge is 0.330 e. The van der Waals surface area contributed by atoms with Crippen molar-refractivity contribution < 1.29 is 14.3 Å². The van der Waals surface area contributed by atoms with Gasteiger partial charge in [-0.1, -0.05) is 29.7 Å². The highest BCUT2D eigenvalue weighted by molar-refractivity contribution is 6.32.